The quantitative estimate of drug-likeness (QED) is 0.484. The van der Waals surface area contributed by atoms with Crippen molar-refractivity contribution in [2.24, 2.45) is 0 Å². The van der Waals surface area contributed by atoms with Gasteiger partial charge in [0, 0.05) is 5.88 Å². The molecule has 1 aromatic carbocycles. The number of benzene rings is 1. The van der Waals surface area contributed by atoms with Gasteiger partial charge in [0.05, 0.1) is 7.11 Å². The third-order valence-corrected chi connectivity index (χ3v) is 12.7. The molecule has 0 amide bonds. The van der Waals surface area contributed by atoms with Crippen molar-refractivity contribution >= 4 is 42.0 Å². The lowest BCUT2D eigenvalue weighted by Crippen LogP contribution is -2.60. The van der Waals surface area contributed by atoms with Crippen molar-refractivity contribution < 1.29 is 13.0 Å². The second-order valence-corrected chi connectivity index (χ2v) is 20.8. The molecule has 1 aromatic rings. The minimum Gasteiger partial charge on any atom is -0.497 e. The number of aryl methyl sites for hydroxylation is 1. The summed E-state index contributed by atoms with van der Waals surface area (Å²) in [5.74, 6) is 1.44. The Balaban J connectivity index is 3.37. The van der Waals surface area contributed by atoms with Crippen LogP contribution in [0.15, 0.2) is 18.2 Å². The molecule has 132 valence electrons. The predicted octanol–water partition coefficient (Wildman–Crippen LogP) is 4.46. The summed E-state index contributed by atoms with van der Waals surface area (Å²) in [5.41, 5.74) is 1.17. The van der Waals surface area contributed by atoms with Crippen LogP contribution in [0.3, 0.4) is 0 Å². The summed E-state index contributed by atoms with van der Waals surface area (Å²) in [6, 6.07) is 6.31. The monoisotopic (exact) mass is 390 g/mol. The van der Waals surface area contributed by atoms with E-state index >= 15 is 0 Å². The highest BCUT2D eigenvalue weighted by Gasteiger charge is 2.42. The fraction of sp³-hybridized carbons (Fsp3) is 0.625. The van der Waals surface area contributed by atoms with Crippen LogP contribution in [0.2, 0.25) is 45.8 Å². The lowest BCUT2D eigenvalue weighted by atomic mass is 10.1. The minimum atomic E-state index is -2.50. The van der Waals surface area contributed by atoms with Crippen LogP contribution in [-0.4, -0.2) is 38.2 Å². The molecule has 7 heteroatoms. The normalized spacial score (nSPS) is 13.3. The average Bonchev–Trinajstić information content (AvgIpc) is 2.34. The van der Waals surface area contributed by atoms with Gasteiger partial charge in [-0.3, -0.25) is 0 Å². The Hall–Kier alpha value is -0.119. The van der Waals surface area contributed by atoms with E-state index in [1.807, 2.05) is 6.07 Å². The highest BCUT2D eigenvalue weighted by Crippen LogP contribution is 2.23. The van der Waals surface area contributed by atoms with Gasteiger partial charge in [0.25, 0.3) is 0 Å². The van der Waals surface area contributed by atoms with Crippen molar-refractivity contribution in [3.8, 4) is 5.75 Å². The predicted molar refractivity (Wildman–Crippen MR) is 108 cm³/mol. The summed E-state index contributed by atoms with van der Waals surface area (Å²) in [6.45, 7) is 15.5. The zero-order valence-electron chi connectivity index (χ0n) is 15.7. The smallest absolute Gasteiger partial charge is 0.348 e. The maximum atomic E-state index is 6.62. The Morgan fingerprint density at radius 1 is 0.870 bits per heavy atom. The molecule has 0 fully saturated rings. The van der Waals surface area contributed by atoms with Gasteiger partial charge in [-0.15, -0.1) is 11.6 Å². The van der Waals surface area contributed by atoms with E-state index in [0.717, 1.165) is 17.4 Å². The van der Waals surface area contributed by atoms with E-state index in [-0.39, 0.29) is 0 Å². The maximum absolute atomic E-state index is 6.62. The first-order valence-electron chi connectivity index (χ1n) is 8.03. The Bertz CT molecular complexity index is 508. The molecular formula is C16H31ClO3Si3. The molecule has 0 saturated heterocycles. The summed E-state index contributed by atoms with van der Waals surface area (Å²) in [7, 11) is -4.30. The van der Waals surface area contributed by atoms with Crippen molar-refractivity contribution in [3.63, 3.8) is 0 Å². The molecule has 0 atom stereocenters. The fourth-order valence-electron chi connectivity index (χ4n) is 2.60. The number of hydrogen-bond acceptors (Lipinski definition) is 3. The van der Waals surface area contributed by atoms with Crippen molar-refractivity contribution in [1.29, 1.82) is 0 Å². The summed E-state index contributed by atoms with van der Waals surface area (Å²) in [4.78, 5) is 0. The van der Waals surface area contributed by atoms with Gasteiger partial charge < -0.3 is 13.0 Å². The van der Waals surface area contributed by atoms with E-state index in [9.17, 15) is 0 Å². The number of methoxy groups -OCH3 is 1. The molecule has 0 aliphatic carbocycles. The molecule has 0 radical (unpaired) electrons. The summed E-state index contributed by atoms with van der Waals surface area (Å²) < 4.78 is 18.7. The largest absolute Gasteiger partial charge is 0.497 e. The van der Waals surface area contributed by atoms with Gasteiger partial charge >= 0.3 is 8.56 Å². The van der Waals surface area contributed by atoms with Crippen molar-refractivity contribution in [2.75, 3.05) is 13.0 Å². The van der Waals surface area contributed by atoms with Gasteiger partial charge in [-0.25, -0.2) is 0 Å². The van der Waals surface area contributed by atoms with Gasteiger partial charge in [-0.2, -0.15) is 0 Å². The van der Waals surface area contributed by atoms with Crippen LogP contribution in [0, 0.1) is 0 Å². The first-order chi connectivity index (χ1) is 10.4. The van der Waals surface area contributed by atoms with Gasteiger partial charge in [0.15, 0.2) is 16.6 Å². The number of halogens is 1. The van der Waals surface area contributed by atoms with E-state index in [1.165, 1.54) is 5.56 Å². The lowest BCUT2D eigenvalue weighted by molar-refractivity contribution is 0.401. The molecule has 0 unspecified atom stereocenters. The summed E-state index contributed by atoms with van der Waals surface area (Å²) in [5, 5.41) is 1.14. The second kappa shape index (κ2) is 7.84. The molecule has 0 heterocycles. The summed E-state index contributed by atoms with van der Waals surface area (Å²) >= 11 is 5.93. The van der Waals surface area contributed by atoms with Crippen molar-refractivity contribution in [1.82, 2.24) is 0 Å². The molecule has 0 saturated carbocycles. The van der Waals surface area contributed by atoms with Crippen molar-refractivity contribution in [2.45, 2.75) is 52.2 Å². The molecule has 0 aliphatic rings. The number of alkyl halides is 1. The van der Waals surface area contributed by atoms with Gasteiger partial charge in [0.1, 0.15) is 5.75 Å². The van der Waals surface area contributed by atoms with Crippen LogP contribution in [0.1, 0.15) is 5.56 Å². The SMILES string of the molecule is COc1cc(CCCl)cc([Si](C)(O[Si](C)(C)C)O[Si](C)(C)C)c1. The maximum Gasteiger partial charge on any atom is 0.348 e. The Morgan fingerprint density at radius 3 is 1.78 bits per heavy atom. The third-order valence-electron chi connectivity index (χ3n) is 3.11. The van der Waals surface area contributed by atoms with Crippen LogP contribution in [0.4, 0.5) is 0 Å². The zero-order chi connectivity index (χ0) is 17.9. The van der Waals surface area contributed by atoms with E-state index < -0.39 is 25.2 Å². The Morgan fingerprint density at radius 2 is 1.39 bits per heavy atom. The van der Waals surface area contributed by atoms with Crippen LogP contribution in [0.5, 0.6) is 5.75 Å². The lowest BCUT2D eigenvalue weighted by Gasteiger charge is -2.39. The number of hydrogen-bond donors (Lipinski definition) is 0. The Kier molecular flexibility index (Phi) is 7.13. The Labute approximate surface area is 149 Å². The number of ether oxygens (including phenoxy) is 1. The highest BCUT2D eigenvalue weighted by atomic mass is 35.5. The van der Waals surface area contributed by atoms with E-state index in [1.54, 1.807) is 7.11 Å². The molecule has 3 nitrogen and oxygen atoms in total. The zero-order valence-corrected chi connectivity index (χ0v) is 19.5. The van der Waals surface area contributed by atoms with Crippen LogP contribution < -0.4 is 9.92 Å². The minimum absolute atomic E-state index is 0.592. The van der Waals surface area contributed by atoms with E-state index in [4.69, 9.17) is 24.6 Å². The van der Waals surface area contributed by atoms with Gasteiger partial charge in [-0.1, -0.05) is 6.07 Å². The average molecular weight is 391 g/mol. The third kappa shape index (κ3) is 7.11. The van der Waals surface area contributed by atoms with Gasteiger partial charge in [0.2, 0.25) is 0 Å². The first-order valence-corrected chi connectivity index (χ1v) is 17.7. The molecule has 0 N–H and O–H groups in total. The van der Waals surface area contributed by atoms with Crippen molar-refractivity contribution in [3.05, 3.63) is 23.8 Å². The molecule has 0 spiro atoms. The highest BCUT2D eigenvalue weighted by molar-refractivity contribution is 6.94. The second-order valence-electron chi connectivity index (χ2n) is 7.88. The molecule has 0 aromatic heterocycles. The molecule has 0 bridgehead atoms. The molecule has 23 heavy (non-hydrogen) atoms. The molecular weight excluding hydrogens is 360 g/mol. The topological polar surface area (TPSA) is 27.7 Å². The fourth-order valence-corrected chi connectivity index (χ4v) is 14.5. The standard InChI is InChI=1S/C16H31ClO3Si3/c1-18-15-11-14(9-10-17)12-16(13-15)23(8,19-21(2,3)4)20-22(5,6)7/h11-13H,9-10H2,1-8H3. The van der Waals surface area contributed by atoms with Crippen LogP contribution in [0.25, 0.3) is 0 Å². The van der Waals surface area contributed by atoms with Crippen LogP contribution in [-0.2, 0) is 14.7 Å². The summed E-state index contributed by atoms with van der Waals surface area (Å²) in [6.07, 6.45) is 0.816. The molecule has 1 rings (SSSR count). The number of rotatable bonds is 8. The first kappa shape index (κ1) is 20.9. The molecule has 0 aliphatic heterocycles. The van der Waals surface area contributed by atoms with E-state index in [0.29, 0.717) is 5.88 Å². The van der Waals surface area contributed by atoms with Crippen LogP contribution >= 0.6 is 11.6 Å². The van der Waals surface area contributed by atoms with Gasteiger partial charge in [-0.05, 0) is 75.1 Å². The van der Waals surface area contributed by atoms with E-state index in [2.05, 4.69) is 58.0 Å².